The Labute approximate surface area is 170 Å². The van der Waals surface area contributed by atoms with Crippen LogP contribution in [0.5, 0.6) is 5.75 Å². The van der Waals surface area contributed by atoms with E-state index in [0.717, 1.165) is 27.7 Å². The van der Waals surface area contributed by atoms with Crippen molar-refractivity contribution in [3.05, 3.63) is 58.1 Å². The van der Waals surface area contributed by atoms with Gasteiger partial charge in [-0.05, 0) is 82.9 Å². The summed E-state index contributed by atoms with van der Waals surface area (Å²) < 4.78 is 10.9. The normalized spacial score (nSPS) is 10.8. The summed E-state index contributed by atoms with van der Waals surface area (Å²) in [6.45, 7) is 12.0. The van der Waals surface area contributed by atoms with E-state index in [9.17, 15) is 4.79 Å². The summed E-state index contributed by atoms with van der Waals surface area (Å²) in [5.74, 6) is 0.805. The van der Waals surface area contributed by atoms with E-state index >= 15 is 0 Å². The van der Waals surface area contributed by atoms with Gasteiger partial charge in [0.2, 0.25) is 0 Å². The van der Waals surface area contributed by atoms with E-state index in [4.69, 9.17) is 9.47 Å². The van der Waals surface area contributed by atoms with Crippen LogP contribution >= 0.6 is 8.58 Å². The summed E-state index contributed by atoms with van der Waals surface area (Å²) in [5.41, 5.74) is 5.68. The maximum Gasteiger partial charge on any atom is 0.186 e. The molecule has 1 radical (unpaired) electrons. The quantitative estimate of drug-likeness (QED) is 0.401. The van der Waals surface area contributed by atoms with E-state index in [0.29, 0.717) is 19.8 Å². The minimum absolute atomic E-state index is 0. The molecule has 0 aromatic heterocycles. The second-order valence-electron chi connectivity index (χ2n) is 6.16. The van der Waals surface area contributed by atoms with Crippen LogP contribution < -0.4 is 10.0 Å². The zero-order chi connectivity index (χ0) is 18.4. The van der Waals surface area contributed by atoms with Crippen molar-refractivity contribution in [2.45, 2.75) is 34.6 Å². The molecule has 0 heterocycles. The number of carbonyl (C=O) groups is 1. The fourth-order valence-corrected chi connectivity index (χ4v) is 3.93. The molecule has 0 aliphatic carbocycles. The van der Waals surface area contributed by atoms with Crippen LogP contribution in [0.2, 0.25) is 0 Å². The van der Waals surface area contributed by atoms with Crippen molar-refractivity contribution in [1.29, 1.82) is 0 Å². The van der Waals surface area contributed by atoms with Gasteiger partial charge in [0.1, 0.15) is 12.4 Å². The zero-order valence-electron chi connectivity index (χ0n) is 16.7. The monoisotopic (exact) mass is 365 g/mol. The second-order valence-corrected chi connectivity index (χ2v) is 7.44. The van der Waals surface area contributed by atoms with Crippen LogP contribution in [-0.4, -0.2) is 44.2 Å². The number of hydrogen-bond donors (Lipinski definition) is 0. The van der Waals surface area contributed by atoms with Gasteiger partial charge in [-0.25, -0.2) is 0 Å². The van der Waals surface area contributed by atoms with Gasteiger partial charge in [0, 0.05) is 31.0 Å². The third-order valence-corrected chi connectivity index (χ3v) is 5.50. The van der Waals surface area contributed by atoms with Gasteiger partial charge < -0.3 is 9.47 Å². The summed E-state index contributed by atoms with van der Waals surface area (Å²) in [6.07, 6.45) is 0. The van der Waals surface area contributed by atoms with Gasteiger partial charge in [-0.2, -0.15) is 0 Å². The molecule has 0 amide bonds. The average Bonchev–Trinajstić information content (AvgIpc) is 2.58. The SMILES string of the molecule is CCOCCOc1ccc(PC(=O)c2c(C)cc(C)c(C)c2C)cc1.[Li]. The summed E-state index contributed by atoms with van der Waals surface area (Å²) in [7, 11) is 0.121. The van der Waals surface area contributed by atoms with Crippen molar-refractivity contribution in [3.8, 4) is 5.75 Å². The van der Waals surface area contributed by atoms with Crippen LogP contribution in [0.4, 0.5) is 0 Å². The molecule has 0 aliphatic heterocycles. The minimum Gasteiger partial charge on any atom is -0.491 e. The molecule has 2 aromatic rings. The van der Waals surface area contributed by atoms with Gasteiger partial charge in [0.15, 0.2) is 5.52 Å². The Kier molecular flexibility index (Phi) is 9.62. The van der Waals surface area contributed by atoms with E-state index in [1.165, 1.54) is 11.1 Å². The number of carbonyl (C=O) groups excluding carboxylic acids is 1. The second kappa shape index (κ2) is 10.9. The number of aryl methyl sites for hydroxylation is 2. The van der Waals surface area contributed by atoms with E-state index in [2.05, 4.69) is 19.9 Å². The Hall–Kier alpha value is -1.10. The molecule has 135 valence electrons. The van der Waals surface area contributed by atoms with Crippen molar-refractivity contribution in [1.82, 2.24) is 0 Å². The molecule has 2 rings (SSSR count). The predicted molar refractivity (Wildman–Crippen MR) is 112 cm³/mol. The van der Waals surface area contributed by atoms with E-state index < -0.39 is 0 Å². The molecule has 0 spiro atoms. The Balaban J connectivity index is 0.00000338. The number of ether oxygens (including phenoxy) is 2. The van der Waals surface area contributed by atoms with E-state index in [1.807, 2.05) is 45.0 Å². The Morgan fingerprint density at radius 2 is 1.62 bits per heavy atom. The Morgan fingerprint density at radius 3 is 2.23 bits per heavy atom. The molecule has 0 saturated carbocycles. The molecule has 0 aliphatic rings. The van der Waals surface area contributed by atoms with Gasteiger partial charge in [0.25, 0.3) is 0 Å². The molecule has 2 aromatic carbocycles. The fourth-order valence-electron chi connectivity index (χ4n) is 2.82. The first-order chi connectivity index (χ1) is 11.9. The first-order valence-corrected chi connectivity index (χ1v) is 9.63. The summed E-state index contributed by atoms with van der Waals surface area (Å²) in [6, 6.07) is 9.88. The van der Waals surface area contributed by atoms with Crippen LogP contribution in [0.1, 0.15) is 39.5 Å². The maximum atomic E-state index is 12.8. The van der Waals surface area contributed by atoms with Crippen molar-refractivity contribution in [2.24, 2.45) is 0 Å². The third kappa shape index (κ3) is 5.97. The molecule has 0 fully saturated rings. The number of benzene rings is 2. The maximum absolute atomic E-state index is 12.8. The Bertz CT molecular complexity index is 742. The van der Waals surface area contributed by atoms with Gasteiger partial charge in [-0.1, -0.05) is 18.2 Å². The minimum atomic E-state index is 0. The molecule has 1 unspecified atom stereocenters. The topological polar surface area (TPSA) is 35.5 Å². The van der Waals surface area contributed by atoms with Crippen LogP contribution in [0.15, 0.2) is 30.3 Å². The van der Waals surface area contributed by atoms with Crippen molar-refractivity contribution in [3.63, 3.8) is 0 Å². The van der Waals surface area contributed by atoms with Gasteiger partial charge in [-0.15, -0.1) is 0 Å². The van der Waals surface area contributed by atoms with Gasteiger partial charge >= 0.3 is 0 Å². The van der Waals surface area contributed by atoms with Gasteiger partial charge in [0.05, 0.1) is 6.61 Å². The summed E-state index contributed by atoms with van der Waals surface area (Å²) >= 11 is 0. The molecule has 3 nitrogen and oxygen atoms in total. The fraction of sp³-hybridized carbons (Fsp3) is 0.381. The van der Waals surface area contributed by atoms with Gasteiger partial charge in [-0.3, -0.25) is 4.79 Å². The Morgan fingerprint density at radius 1 is 0.962 bits per heavy atom. The summed E-state index contributed by atoms with van der Waals surface area (Å²) in [5, 5.41) is 1.03. The molecular formula is C21H27LiO3P. The van der Waals surface area contributed by atoms with E-state index in [1.54, 1.807) is 0 Å². The predicted octanol–water partition coefficient (Wildman–Crippen LogP) is 4.10. The van der Waals surface area contributed by atoms with Crippen LogP contribution in [0.3, 0.4) is 0 Å². The zero-order valence-corrected chi connectivity index (χ0v) is 17.7. The molecule has 0 bridgehead atoms. The number of hydrogen-bond acceptors (Lipinski definition) is 3. The smallest absolute Gasteiger partial charge is 0.186 e. The summed E-state index contributed by atoms with van der Waals surface area (Å²) in [4.78, 5) is 12.8. The molecule has 0 saturated heterocycles. The van der Waals surface area contributed by atoms with Crippen molar-refractivity contribution in [2.75, 3.05) is 19.8 Å². The standard InChI is InChI=1S/C21H27O3P.Li/c1-6-23-11-12-24-18-7-9-19(10-8-18)25-21(22)20-15(3)13-14(2)16(4)17(20)5;/h7-10,13,25H,6,11-12H2,1-5H3;. The first-order valence-electron chi connectivity index (χ1n) is 8.63. The first kappa shape index (κ1) is 22.9. The molecule has 1 atom stereocenters. The number of rotatable bonds is 8. The van der Waals surface area contributed by atoms with Crippen LogP contribution in [-0.2, 0) is 4.74 Å². The van der Waals surface area contributed by atoms with E-state index in [-0.39, 0.29) is 33.0 Å². The molecule has 5 heteroatoms. The average molecular weight is 365 g/mol. The van der Waals surface area contributed by atoms with Crippen molar-refractivity contribution < 1.29 is 14.3 Å². The molecule has 26 heavy (non-hydrogen) atoms. The van der Waals surface area contributed by atoms with Crippen molar-refractivity contribution >= 4 is 38.3 Å². The third-order valence-electron chi connectivity index (χ3n) is 4.40. The molecular weight excluding hydrogens is 338 g/mol. The van der Waals surface area contributed by atoms with Crippen LogP contribution in [0.25, 0.3) is 0 Å². The molecule has 0 N–H and O–H groups in total. The largest absolute Gasteiger partial charge is 0.491 e. The van der Waals surface area contributed by atoms with Crippen LogP contribution in [0, 0.1) is 27.7 Å².